The summed E-state index contributed by atoms with van der Waals surface area (Å²) in [5, 5.41) is 1.90. The summed E-state index contributed by atoms with van der Waals surface area (Å²) >= 11 is 3.24. The van der Waals surface area contributed by atoms with Crippen LogP contribution in [-0.4, -0.2) is 42.4 Å². The van der Waals surface area contributed by atoms with E-state index < -0.39 is 0 Å². The number of nitrogens with two attached hydrogens (primary N) is 1. The van der Waals surface area contributed by atoms with Crippen LogP contribution in [0, 0.1) is 11.8 Å². The van der Waals surface area contributed by atoms with E-state index in [-0.39, 0.29) is 11.9 Å². The molecule has 0 aliphatic heterocycles. The Morgan fingerprint density at radius 2 is 2.37 bits per heavy atom. The summed E-state index contributed by atoms with van der Waals surface area (Å²) in [4.78, 5) is 14.9. The summed E-state index contributed by atoms with van der Waals surface area (Å²) in [6.45, 7) is 2.39. The van der Waals surface area contributed by atoms with E-state index in [0.717, 1.165) is 17.7 Å². The number of amides is 1. The van der Waals surface area contributed by atoms with E-state index in [2.05, 4.69) is 25.0 Å². The Kier molecular flexibility index (Phi) is 7.00. The highest BCUT2D eigenvalue weighted by atomic mass is 32.2. The van der Waals surface area contributed by atoms with Crippen molar-refractivity contribution in [3.63, 3.8) is 0 Å². The summed E-state index contributed by atoms with van der Waals surface area (Å²) in [5.41, 5.74) is 6.15. The van der Waals surface area contributed by atoms with Crippen LogP contribution >= 0.6 is 23.1 Å². The van der Waals surface area contributed by atoms with Gasteiger partial charge in [-0.2, -0.15) is 11.8 Å². The molecular formula is C14H20N2OS2. The van der Waals surface area contributed by atoms with Crippen LogP contribution in [0.3, 0.4) is 0 Å². The van der Waals surface area contributed by atoms with Gasteiger partial charge >= 0.3 is 0 Å². The SMILES string of the molecule is CSCCC(C)N(C)C(=O)c1sccc1C#CCN. The molecule has 1 aromatic heterocycles. The minimum absolute atomic E-state index is 0.0462. The van der Waals surface area contributed by atoms with Crippen LogP contribution in [-0.2, 0) is 0 Å². The maximum absolute atomic E-state index is 12.4. The number of thiophene rings is 1. The molecule has 1 unspecified atom stereocenters. The second-order valence-corrected chi connectivity index (χ2v) is 6.12. The molecule has 0 bridgehead atoms. The van der Waals surface area contributed by atoms with Gasteiger partial charge in [-0.1, -0.05) is 11.8 Å². The minimum Gasteiger partial charge on any atom is -0.338 e. The average Bonchev–Trinajstić information content (AvgIpc) is 2.88. The lowest BCUT2D eigenvalue weighted by atomic mass is 10.2. The highest BCUT2D eigenvalue weighted by Crippen LogP contribution is 2.19. The van der Waals surface area contributed by atoms with Crippen LogP contribution in [0.15, 0.2) is 11.4 Å². The second kappa shape index (κ2) is 8.26. The molecule has 0 spiro atoms. The number of hydrogen-bond donors (Lipinski definition) is 1. The molecule has 0 saturated carbocycles. The minimum atomic E-state index is 0.0462. The van der Waals surface area contributed by atoms with Gasteiger partial charge in [-0.3, -0.25) is 4.79 Å². The van der Waals surface area contributed by atoms with Gasteiger partial charge in [0.1, 0.15) is 4.88 Å². The first-order valence-corrected chi connectivity index (χ1v) is 8.41. The molecule has 1 rings (SSSR count). The van der Waals surface area contributed by atoms with E-state index in [1.54, 1.807) is 16.7 Å². The average molecular weight is 296 g/mol. The predicted octanol–water partition coefficient (Wildman–Crippen LogP) is 2.27. The van der Waals surface area contributed by atoms with Crippen molar-refractivity contribution < 1.29 is 4.79 Å². The number of hydrogen-bond acceptors (Lipinski definition) is 4. The van der Waals surface area contributed by atoms with Crippen molar-refractivity contribution in [1.82, 2.24) is 4.90 Å². The second-order valence-electron chi connectivity index (χ2n) is 4.22. The van der Waals surface area contributed by atoms with Crippen LogP contribution in [0.25, 0.3) is 0 Å². The zero-order valence-corrected chi connectivity index (χ0v) is 13.2. The van der Waals surface area contributed by atoms with E-state index in [1.165, 1.54) is 11.3 Å². The first-order chi connectivity index (χ1) is 9.11. The molecule has 1 atom stereocenters. The van der Waals surface area contributed by atoms with Gasteiger partial charge in [0.25, 0.3) is 5.91 Å². The van der Waals surface area contributed by atoms with Crippen LogP contribution in [0.4, 0.5) is 0 Å². The van der Waals surface area contributed by atoms with Crippen LogP contribution < -0.4 is 5.73 Å². The van der Waals surface area contributed by atoms with E-state index in [9.17, 15) is 4.79 Å². The van der Waals surface area contributed by atoms with E-state index in [0.29, 0.717) is 11.4 Å². The third kappa shape index (κ3) is 4.57. The Labute approximate surface area is 123 Å². The maximum Gasteiger partial charge on any atom is 0.265 e. The molecule has 0 radical (unpaired) electrons. The smallest absolute Gasteiger partial charge is 0.265 e. The number of thioether (sulfide) groups is 1. The molecule has 0 aromatic carbocycles. The largest absolute Gasteiger partial charge is 0.338 e. The molecule has 19 heavy (non-hydrogen) atoms. The predicted molar refractivity (Wildman–Crippen MR) is 84.8 cm³/mol. The van der Waals surface area contributed by atoms with Crippen LogP contribution in [0.2, 0.25) is 0 Å². The van der Waals surface area contributed by atoms with Gasteiger partial charge in [-0.05, 0) is 36.8 Å². The lowest BCUT2D eigenvalue weighted by molar-refractivity contribution is 0.0746. The van der Waals surface area contributed by atoms with Gasteiger partial charge in [0, 0.05) is 18.7 Å². The van der Waals surface area contributed by atoms with E-state index in [1.807, 2.05) is 18.5 Å². The van der Waals surface area contributed by atoms with Gasteiger partial charge in [-0.15, -0.1) is 11.3 Å². The van der Waals surface area contributed by atoms with Crippen molar-refractivity contribution in [1.29, 1.82) is 0 Å². The van der Waals surface area contributed by atoms with Gasteiger partial charge in [0.2, 0.25) is 0 Å². The number of rotatable bonds is 5. The highest BCUT2D eigenvalue weighted by molar-refractivity contribution is 7.98. The fraction of sp³-hybridized carbons (Fsp3) is 0.500. The summed E-state index contributed by atoms with van der Waals surface area (Å²) in [7, 11) is 1.85. The first-order valence-electron chi connectivity index (χ1n) is 6.14. The molecular weight excluding hydrogens is 276 g/mol. The Morgan fingerprint density at radius 1 is 1.63 bits per heavy atom. The Hall–Kier alpha value is -0.960. The summed E-state index contributed by atoms with van der Waals surface area (Å²) in [5.74, 6) is 6.86. The molecule has 3 nitrogen and oxygen atoms in total. The Morgan fingerprint density at radius 3 is 3.00 bits per heavy atom. The van der Waals surface area contributed by atoms with Gasteiger partial charge < -0.3 is 10.6 Å². The molecule has 1 heterocycles. The molecule has 2 N–H and O–H groups in total. The molecule has 1 amide bonds. The zero-order chi connectivity index (χ0) is 14.3. The molecule has 5 heteroatoms. The van der Waals surface area contributed by atoms with Crippen molar-refractivity contribution >= 4 is 29.0 Å². The summed E-state index contributed by atoms with van der Waals surface area (Å²) in [6, 6.07) is 2.11. The number of carbonyl (C=O) groups is 1. The lowest BCUT2D eigenvalue weighted by Gasteiger charge is -2.24. The van der Waals surface area contributed by atoms with E-state index in [4.69, 9.17) is 5.73 Å². The maximum atomic E-state index is 12.4. The van der Waals surface area contributed by atoms with Crippen molar-refractivity contribution in [3.8, 4) is 11.8 Å². The molecule has 1 aromatic rings. The highest BCUT2D eigenvalue weighted by Gasteiger charge is 2.20. The zero-order valence-electron chi connectivity index (χ0n) is 11.6. The standard InChI is InChI=1S/C14H20N2OS2/c1-11(6-9-18-3)16(2)14(17)13-12(5-4-8-15)7-10-19-13/h7,10-11H,6,8-9,15H2,1-3H3. The summed E-state index contributed by atoms with van der Waals surface area (Å²) in [6.07, 6.45) is 3.08. The topological polar surface area (TPSA) is 46.3 Å². The van der Waals surface area contributed by atoms with Gasteiger partial charge in [-0.25, -0.2) is 0 Å². The van der Waals surface area contributed by atoms with Crippen molar-refractivity contribution in [2.24, 2.45) is 5.73 Å². The monoisotopic (exact) mass is 296 g/mol. The van der Waals surface area contributed by atoms with Crippen molar-refractivity contribution in [2.45, 2.75) is 19.4 Å². The quantitative estimate of drug-likeness (QED) is 0.848. The lowest BCUT2D eigenvalue weighted by Crippen LogP contribution is -2.35. The molecule has 0 aliphatic carbocycles. The summed E-state index contributed by atoms with van der Waals surface area (Å²) < 4.78 is 0. The molecule has 0 saturated heterocycles. The van der Waals surface area contributed by atoms with E-state index >= 15 is 0 Å². The van der Waals surface area contributed by atoms with Crippen molar-refractivity contribution in [2.75, 3.05) is 25.6 Å². The third-order valence-electron chi connectivity index (χ3n) is 2.91. The third-order valence-corrected chi connectivity index (χ3v) is 4.45. The molecule has 104 valence electrons. The normalized spacial score (nSPS) is 11.6. The number of carbonyl (C=O) groups excluding carboxylic acids is 1. The Balaban J connectivity index is 2.79. The fourth-order valence-corrected chi connectivity index (χ4v) is 2.97. The number of nitrogens with zero attached hydrogens (tertiary/aromatic N) is 1. The van der Waals surface area contributed by atoms with Crippen LogP contribution in [0.5, 0.6) is 0 Å². The van der Waals surface area contributed by atoms with Crippen molar-refractivity contribution in [3.05, 3.63) is 21.9 Å². The first kappa shape index (κ1) is 16.1. The molecule has 0 aliphatic rings. The van der Waals surface area contributed by atoms with Gasteiger partial charge in [0.15, 0.2) is 0 Å². The molecule has 0 fully saturated rings. The fourth-order valence-electron chi connectivity index (χ4n) is 1.56. The van der Waals surface area contributed by atoms with Gasteiger partial charge in [0.05, 0.1) is 6.54 Å². The Bertz CT molecular complexity index is 473. The van der Waals surface area contributed by atoms with Crippen LogP contribution in [0.1, 0.15) is 28.6 Å².